The van der Waals surface area contributed by atoms with Crippen molar-refractivity contribution in [2.75, 3.05) is 25.2 Å². The predicted octanol–water partition coefficient (Wildman–Crippen LogP) is 5.19. The van der Waals surface area contributed by atoms with Crippen LogP contribution in [0.4, 0.5) is 5.69 Å². The SMILES string of the molecule is COc1ccccc1C1/C(=C(\O)c2ccc(OC(C)C)c(C)c2)C(=O)C(=O)N1c1ccc2c(c1)OCCO2. The van der Waals surface area contributed by atoms with E-state index in [1.54, 1.807) is 60.7 Å². The third-order valence-corrected chi connectivity index (χ3v) is 6.49. The van der Waals surface area contributed by atoms with E-state index in [1.165, 1.54) is 12.0 Å². The fraction of sp³-hybridized carbons (Fsp3) is 0.267. The number of Topliss-reactive ketones (excluding diaryl/α,β-unsaturated/α-hetero) is 1. The predicted molar refractivity (Wildman–Crippen MR) is 142 cm³/mol. The Balaban J connectivity index is 1.68. The maximum absolute atomic E-state index is 13.5. The topological polar surface area (TPSA) is 94.5 Å². The summed E-state index contributed by atoms with van der Waals surface area (Å²) in [4.78, 5) is 28.5. The fourth-order valence-electron chi connectivity index (χ4n) is 4.81. The van der Waals surface area contributed by atoms with Crippen molar-refractivity contribution < 1.29 is 33.6 Å². The lowest BCUT2D eigenvalue weighted by Gasteiger charge is -2.28. The van der Waals surface area contributed by atoms with Crippen LogP contribution in [-0.2, 0) is 9.59 Å². The third-order valence-electron chi connectivity index (χ3n) is 6.49. The van der Waals surface area contributed by atoms with E-state index in [1.807, 2.05) is 20.8 Å². The Morgan fingerprint density at radius 2 is 1.71 bits per heavy atom. The summed E-state index contributed by atoms with van der Waals surface area (Å²) < 4.78 is 22.8. The Kier molecular flexibility index (Phi) is 6.72. The van der Waals surface area contributed by atoms with Crippen LogP contribution in [0.2, 0.25) is 0 Å². The largest absolute Gasteiger partial charge is 0.507 e. The number of amides is 1. The molecule has 0 spiro atoms. The Hall–Kier alpha value is -4.46. The van der Waals surface area contributed by atoms with Gasteiger partial charge in [-0.25, -0.2) is 0 Å². The number of hydrogen-bond acceptors (Lipinski definition) is 7. The number of anilines is 1. The molecule has 2 heterocycles. The molecular formula is C30H29NO7. The van der Waals surface area contributed by atoms with Crippen LogP contribution in [0.3, 0.4) is 0 Å². The molecule has 1 saturated heterocycles. The molecule has 1 fully saturated rings. The van der Waals surface area contributed by atoms with Crippen LogP contribution in [-0.4, -0.2) is 43.2 Å². The molecule has 5 rings (SSSR count). The van der Waals surface area contributed by atoms with Crippen LogP contribution < -0.4 is 23.8 Å². The quantitative estimate of drug-likeness (QED) is 0.274. The van der Waals surface area contributed by atoms with E-state index in [9.17, 15) is 14.7 Å². The van der Waals surface area contributed by atoms with E-state index < -0.39 is 17.7 Å². The highest BCUT2D eigenvalue weighted by atomic mass is 16.6. The highest BCUT2D eigenvalue weighted by Crippen LogP contribution is 2.46. The zero-order valence-corrected chi connectivity index (χ0v) is 21.7. The number of para-hydroxylation sites is 1. The van der Waals surface area contributed by atoms with E-state index in [4.69, 9.17) is 18.9 Å². The number of aryl methyl sites for hydroxylation is 1. The second-order valence-electron chi connectivity index (χ2n) is 9.39. The standard InChI is InChI=1S/C30H29NO7/c1-17(2)38-22-11-9-19(15-18(22)3)28(32)26-27(21-7-5-6-8-23(21)35-4)31(30(34)29(26)33)20-10-12-24-25(16-20)37-14-13-36-24/h5-12,15-17,27,32H,13-14H2,1-4H3/b28-26+. The monoisotopic (exact) mass is 515 g/mol. The minimum atomic E-state index is -0.944. The van der Waals surface area contributed by atoms with Crippen molar-refractivity contribution in [2.24, 2.45) is 0 Å². The average Bonchev–Trinajstić information content (AvgIpc) is 3.18. The summed E-state index contributed by atoms with van der Waals surface area (Å²) in [5.41, 5.74) is 2.15. The van der Waals surface area contributed by atoms with Crippen molar-refractivity contribution in [2.45, 2.75) is 32.9 Å². The number of aliphatic hydroxyl groups is 1. The minimum absolute atomic E-state index is 0.0185. The summed E-state index contributed by atoms with van der Waals surface area (Å²) in [5, 5.41) is 11.5. The number of hydrogen-bond donors (Lipinski definition) is 1. The van der Waals surface area contributed by atoms with Gasteiger partial charge in [-0.3, -0.25) is 14.5 Å². The molecule has 3 aromatic rings. The zero-order valence-electron chi connectivity index (χ0n) is 21.7. The van der Waals surface area contributed by atoms with Gasteiger partial charge >= 0.3 is 0 Å². The third kappa shape index (κ3) is 4.42. The summed E-state index contributed by atoms with van der Waals surface area (Å²) in [5.74, 6) is 0.345. The lowest BCUT2D eigenvalue weighted by atomic mass is 9.94. The normalized spacial score (nSPS) is 18.1. The molecule has 38 heavy (non-hydrogen) atoms. The number of aliphatic hydroxyl groups excluding tert-OH is 1. The van der Waals surface area contributed by atoms with Gasteiger partial charge in [-0.05, 0) is 62.7 Å². The first-order valence-electron chi connectivity index (χ1n) is 12.4. The number of methoxy groups -OCH3 is 1. The van der Waals surface area contributed by atoms with Gasteiger partial charge in [-0.15, -0.1) is 0 Å². The molecule has 1 N–H and O–H groups in total. The lowest BCUT2D eigenvalue weighted by molar-refractivity contribution is -0.132. The van der Waals surface area contributed by atoms with Gasteiger partial charge in [-0.1, -0.05) is 18.2 Å². The summed E-state index contributed by atoms with van der Waals surface area (Å²) in [6, 6.07) is 16.4. The summed E-state index contributed by atoms with van der Waals surface area (Å²) in [7, 11) is 1.52. The summed E-state index contributed by atoms with van der Waals surface area (Å²) >= 11 is 0. The molecule has 0 aromatic heterocycles. The Labute approximate surface area is 221 Å². The number of nitrogens with zero attached hydrogens (tertiary/aromatic N) is 1. The van der Waals surface area contributed by atoms with Gasteiger partial charge in [0.25, 0.3) is 11.7 Å². The summed E-state index contributed by atoms with van der Waals surface area (Å²) in [6.07, 6.45) is -0.0185. The molecular weight excluding hydrogens is 486 g/mol. The number of carbonyl (C=O) groups excluding carboxylic acids is 2. The van der Waals surface area contributed by atoms with E-state index in [0.717, 1.165) is 5.56 Å². The zero-order chi connectivity index (χ0) is 27.0. The highest BCUT2D eigenvalue weighted by Gasteiger charge is 2.48. The molecule has 2 aliphatic rings. The summed E-state index contributed by atoms with van der Waals surface area (Å²) in [6.45, 7) is 6.53. The second kappa shape index (κ2) is 10.1. The van der Waals surface area contributed by atoms with Crippen LogP contribution in [0.5, 0.6) is 23.0 Å². The van der Waals surface area contributed by atoms with Gasteiger partial charge in [0.05, 0.1) is 24.8 Å². The van der Waals surface area contributed by atoms with Gasteiger partial charge in [0, 0.05) is 22.9 Å². The molecule has 1 unspecified atom stereocenters. The molecule has 3 aromatic carbocycles. The number of ketones is 1. The number of benzene rings is 3. The van der Waals surface area contributed by atoms with Crippen molar-refractivity contribution in [3.05, 3.63) is 82.9 Å². The maximum Gasteiger partial charge on any atom is 0.300 e. The molecule has 196 valence electrons. The highest BCUT2D eigenvalue weighted by molar-refractivity contribution is 6.51. The molecule has 0 aliphatic carbocycles. The fourth-order valence-corrected chi connectivity index (χ4v) is 4.81. The molecule has 0 saturated carbocycles. The van der Waals surface area contributed by atoms with Crippen LogP contribution >= 0.6 is 0 Å². The van der Waals surface area contributed by atoms with Crippen LogP contribution in [0.25, 0.3) is 5.76 Å². The van der Waals surface area contributed by atoms with Gasteiger partial charge < -0.3 is 24.1 Å². The molecule has 1 amide bonds. The van der Waals surface area contributed by atoms with Crippen molar-refractivity contribution in [3.8, 4) is 23.0 Å². The molecule has 0 radical (unpaired) electrons. The maximum atomic E-state index is 13.5. The Morgan fingerprint density at radius 3 is 2.42 bits per heavy atom. The second-order valence-corrected chi connectivity index (χ2v) is 9.39. The minimum Gasteiger partial charge on any atom is -0.507 e. The number of carbonyl (C=O) groups is 2. The molecule has 0 bridgehead atoms. The van der Waals surface area contributed by atoms with Crippen molar-refractivity contribution in [3.63, 3.8) is 0 Å². The first kappa shape index (κ1) is 25.2. The average molecular weight is 516 g/mol. The van der Waals surface area contributed by atoms with Crippen LogP contribution in [0.15, 0.2) is 66.2 Å². The molecule has 1 atom stereocenters. The first-order valence-corrected chi connectivity index (χ1v) is 12.4. The van der Waals surface area contributed by atoms with Crippen molar-refractivity contribution in [1.29, 1.82) is 0 Å². The molecule has 8 nitrogen and oxygen atoms in total. The molecule has 2 aliphatic heterocycles. The Bertz CT molecular complexity index is 1440. The van der Waals surface area contributed by atoms with Crippen molar-refractivity contribution in [1.82, 2.24) is 0 Å². The van der Waals surface area contributed by atoms with E-state index in [2.05, 4.69) is 0 Å². The lowest BCUT2D eigenvalue weighted by Crippen LogP contribution is -2.30. The van der Waals surface area contributed by atoms with Gasteiger partial charge in [-0.2, -0.15) is 0 Å². The van der Waals surface area contributed by atoms with Crippen LogP contribution in [0.1, 0.15) is 36.6 Å². The Morgan fingerprint density at radius 1 is 0.974 bits per heavy atom. The number of ether oxygens (including phenoxy) is 4. The van der Waals surface area contributed by atoms with E-state index in [-0.39, 0.29) is 17.4 Å². The first-order chi connectivity index (χ1) is 18.3. The van der Waals surface area contributed by atoms with E-state index in [0.29, 0.717) is 53.0 Å². The number of fused-ring (bicyclic) bond motifs is 1. The van der Waals surface area contributed by atoms with Crippen molar-refractivity contribution >= 4 is 23.1 Å². The van der Waals surface area contributed by atoms with Gasteiger partial charge in [0.2, 0.25) is 0 Å². The van der Waals surface area contributed by atoms with Gasteiger partial charge in [0.15, 0.2) is 11.5 Å². The van der Waals surface area contributed by atoms with Gasteiger partial charge in [0.1, 0.15) is 30.5 Å². The van der Waals surface area contributed by atoms with E-state index >= 15 is 0 Å². The molecule has 8 heteroatoms. The number of rotatable bonds is 6. The smallest absolute Gasteiger partial charge is 0.300 e. The van der Waals surface area contributed by atoms with Crippen LogP contribution in [0, 0.1) is 6.92 Å².